The molecule has 264 valence electrons. The minimum Gasteiger partial charge on any atom is -0.756 e. The molecule has 0 aliphatic rings. The highest BCUT2D eigenvalue weighted by Crippen LogP contribution is 2.61. The molecule has 0 unspecified atom stereocenters. The lowest BCUT2D eigenvalue weighted by molar-refractivity contribution is -0.225. The molecule has 4 nitrogen and oxygen atoms in total. The minimum absolute atomic E-state index is 0.226. The van der Waals surface area contributed by atoms with Crippen LogP contribution in [-0.4, -0.2) is 56.3 Å². The summed E-state index contributed by atoms with van der Waals surface area (Å²) in [6.07, 6.45) is 34.5. The third-order valence-electron chi connectivity index (χ3n) is 7.92. The molecule has 0 aliphatic heterocycles. The summed E-state index contributed by atoms with van der Waals surface area (Å²) in [6, 6.07) is 0. The fourth-order valence-corrected chi connectivity index (χ4v) is 13.8. The van der Waals surface area contributed by atoms with Crippen LogP contribution in [0.2, 0.25) is 0 Å². The van der Waals surface area contributed by atoms with Crippen LogP contribution in [0.15, 0.2) is 0 Å². The summed E-state index contributed by atoms with van der Waals surface area (Å²) >= 11 is 0. The van der Waals surface area contributed by atoms with Crippen LogP contribution in [0.5, 0.6) is 0 Å². The van der Waals surface area contributed by atoms with Gasteiger partial charge in [-0.2, -0.15) is 0 Å². The Morgan fingerprint density at radius 1 is 0.465 bits per heavy atom. The normalized spacial score (nSPS) is 11.7. The van der Waals surface area contributed by atoms with Gasteiger partial charge >= 0.3 is 0 Å². The Balaban J connectivity index is -0.000000566. The Kier molecular flexibility index (Phi) is 42.1. The van der Waals surface area contributed by atoms with Crippen molar-refractivity contribution in [3.63, 3.8) is 0 Å². The lowest BCUT2D eigenvalue weighted by Crippen LogP contribution is -2.12. The van der Waals surface area contributed by atoms with Crippen molar-refractivity contribution in [1.82, 2.24) is 0 Å². The summed E-state index contributed by atoms with van der Waals surface area (Å²) in [5, 5.41) is 0. The fraction of sp³-hybridized carbons (Fsp3) is 1.00. The maximum Gasteiger partial charge on any atom is 0.267 e. The zero-order valence-corrected chi connectivity index (χ0v) is 33.7. The summed E-state index contributed by atoms with van der Waals surface area (Å²) in [4.78, 5) is 11.0. The van der Waals surface area contributed by atoms with E-state index in [0.29, 0.717) is 7.92 Å². The van der Waals surface area contributed by atoms with E-state index in [2.05, 4.69) is 57.5 Å². The topological polar surface area (TPSA) is 58.6 Å². The molecule has 7 heteroatoms. The molecule has 0 amide bonds. The highest BCUT2D eigenvalue weighted by atomic mass is 31.2. The molecule has 0 fully saturated rings. The predicted molar refractivity (Wildman–Crippen MR) is 202 cm³/mol. The van der Waals surface area contributed by atoms with Crippen molar-refractivity contribution >= 4 is 23.0 Å². The molecule has 0 aromatic heterocycles. The van der Waals surface area contributed by atoms with Crippen molar-refractivity contribution in [2.45, 2.75) is 178 Å². The number of phosphoric ester groups is 1. The monoisotopic (exact) mass is 671 g/mol. The van der Waals surface area contributed by atoms with Gasteiger partial charge in [-0.25, -0.2) is 0 Å². The second-order valence-electron chi connectivity index (χ2n) is 12.4. The third kappa shape index (κ3) is 35.7. The van der Waals surface area contributed by atoms with Gasteiger partial charge in [-0.15, -0.1) is 7.92 Å². The Hall–Kier alpha value is 0.970. The van der Waals surface area contributed by atoms with E-state index in [-0.39, 0.29) is 13.2 Å². The smallest absolute Gasteiger partial charge is 0.267 e. The zero-order valence-electron chi connectivity index (χ0n) is 31.1. The molecule has 0 heterocycles. The van der Waals surface area contributed by atoms with Crippen molar-refractivity contribution in [3.05, 3.63) is 0 Å². The van der Waals surface area contributed by atoms with Gasteiger partial charge in [0.05, 0.1) is 37.9 Å². The molecule has 0 radical (unpaired) electrons. The van der Waals surface area contributed by atoms with Crippen LogP contribution < -0.4 is 4.89 Å². The van der Waals surface area contributed by atoms with Crippen LogP contribution in [-0.2, 0) is 13.6 Å². The van der Waals surface area contributed by atoms with Crippen LogP contribution in [0, 0.1) is 0 Å². The molecule has 0 aromatic rings. The Bertz CT molecular complexity index is 492. The van der Waals surface area contributed by atoms with E-state index < -0.39 is 15.1 Å². The second kappa shape index (κ2) is 37.4. The summed E-state index contributed by atoms with van der Waals surface area (Å²) < 4.78 is 20.2. The number of rotatable bonds is 29. The Labute approximate surface area is 275 Å². The summed E-state index contributed by atoms with van der Waals surface area (Å²) in [5.74, 6) is 0. The van der Waals surface area contributed by atoms with E-state index in [1.807, 2.05) is 13.8 Å². The highest BCUT2D eigenvalue weighted by Gasteiger charge is 2.34. The lowest BCUT2D eigenvalue weighted by Gasteiger charge is -2.28. The minimum atomic E-state index is -4.00. The number of hydrogen-bond acceptors (Lipinski definition) is 4. The van der Waals surface area contributed by atoms with Crippen molar-refractivity contribution < 1.29 is 18.5 Å². The molecule has 43 heavy (non-hydrogen) atoms. The SMILES string of the molecule is CCCCOP(=O)([O-])OCCCC.CCCCP(CCCC)CCCC.CCCC[P+](CCCC)(CCCC)CCCC. The van der Waals surface area contributed by atoms with E-state index >= 15 is 0 Å². The lowest BCUT2D eigenvalue weighted by atomic mass is 10.4. The molecule has 0 spiro atoms. The molecular weight excluding hydrogens is 589 g/mol. The van der Waals surface area contributed by atoms with Crippen LogP contribution in [0.25, 0.3) is 0 Å². The molecule has 0 aromatic carbocycles. The third-order valence-corrected chi connectivity index (χ3v) is 16.8. The fourth-order valence-electron chi connectivity index (χ4n) is 4.80. The van der Waals surface area contributed by atoms with E-state index in [9.17, 15) is 9.46 Å². The first kappa shape index (κ1) is 48.4. The molecular formula is C36H81O4P3. The van der Waals surface area contributed by atoms with Crippen LogP contribution in [0.1, 0.15) is 178 Å². The maximum absolute atomic E-state index is 11.0. The number of phosphoric acid groups is 1. The molecule has 0 bridgehead atoms. The molecule has 0 N–H and O–H groups in total. The summed E-state index contributed by atoms with van der Waals surface area (Å²) in [6.45, 7) is 20.7. The van der Waals surface area contributed by atoms with Crippen molar-refractivity contribution in [3.8, 4) is 0 Å². The Morgan fingerprint density at radius 2 is 0.721 bits per heavy atom. The first-order valence-electron chi connectivity index (χ1n) is 18.9. The predicted octanol–water partition coefficient (Wildman–Crippen LogP) is 13.2. The molecule has 0 saturated heterocycles. The van der Waals surface area contributed by atoms with Crippen molar-refractivity contribution in [2.24, 2.45) is 0 Å². The zero-order chi connectivity index (χ0) is 33.1. The van der Waals surface area contributed by atoms with Gasteiger partial charge in [-0.1, -0.05) is 120 Å². The molecule has 0 saturated carbocycles. The van der Waals surface area contributed by atoms with Gasteiger partial charge in [0, 0.05) is 7.26 Å². The molecule has 0 rings (SSSR count). The van der Waals surface area contributed by atoms with Gasteiger partial charge in [0.15, 0.2) is 0 Å². The molecule has 0 atom stereocenters. The van der Waals surface area contributed by atoms with Gasteiger partial charge < -0.3 is 13.9 Å². The Morgan fingerprint density at radius 3 is 0.953 bits per heavy atom. The highest BCUT2D eigenvalue weighted by molar-refractivity contribution is 7.75. The van der Waals surface area contributed by atoms with Gasteiger partial charge in [0.2, 0.25) is 0 Å². The summed E-state index contributed by atoms with van der Waals surface area (Å²) in [5.41, 5.74) is 0. The van der Waals surface area contributed by atoms with Crippen molar-refractivity contribution in [2.75, 3.05) is 56.3 Å². The van der Waals surface area contributed by atoms with Gasteiger partial charge in [0.25, 0.3) is 7.82 Å². The van der Waals surface area contributed by atoms with Gasteiger partial charge in [-0.3, -0.25) is 4.57 Å². The quantitative estimate of drug-likeness (QED) is 0.0587. The van der Waals surface area contributed by atoms with E-state index in [1.165, 1.54) is 89.9 Å². The van der Waals surface area contributed by atoms with E-state index in [1.54, 1.807) is 43.1 Å². The van der Waals surface area contributed by atoms with Crippen LogP contribution >= 0.6 is 23.0 Å². The van der Waals surface area contributed by atoms with E-state index in [0.717, 1.165) is 25.7 Å². The average molecular weight is 671 g/mol. The van der Waals surface area contributed by atoms with Crippen molar-refractivity contribution in [1.29, 1.82) is 0 Å². The first-order valence-corrected chi connectivity index (χ1v) is 24.8. The van der Waals surface area contributed by atoms with Crippen LogP contribution in [0.3, 0.4) is 0 Å². The maximum atomic E-state index is 11.0. The first-order chi connectivity index (χ1) is 20.7. The van der Waals surface area contributed by atoms with Gasteiger partial charge in [-0.05, 0) is 76.3 Å². The van der Waals surface area contributed by atoms with Gasteiger partial charge in [0.1, 0.15) is 0 Å². The van der Waals surface area contributed by atoms with Crippen LogP contribution in [0.4, 0.5) is 0 Å². The average Bonchev–Trinajstić information content (AvgIpc) is 3.00. The number of hydrogen-bond donors (Lipinski definition) is 0. The number of unbranched alkanes of at least 4 members (excludes halogenated alkanes) is 9. The van der Waals surface area contributed by atoms with E-state index in [4.69, 9.17) is 0 Å². The second-order valence-corrected chi connectivity index (χ2v) is 20.9. The largest absolute Gasteiger partial charge is 0.756 e. The molecule has 0 aliphatic carbocycles. The summed E-state index contributed by atoms with van der Waals surface area (Å²) in [7, 11) is -4.14. The standard InChI is InChI=1S/C16H36P.C12H27P.C8H19O4P/c1-5-9-13-17(14-10-6-2,15-11-7-3)16-12-8-4;1-4-7-10-13(11-8-5-2)12-9-6-3;1-3-5-7-11-13(9,10)12-8-6-4-2/h5-16H2,1-4H3;4-12H2,1-3H3;3-8H2,1-2H3,(H,9,10)/q+1;;/p-1.